The van der Waals surface area contributed by atoms with Crippen molar-refractivity contribution in [2.24, 2.45) is 5.14 Å². The molecule has 1 aromatic rings. The van der Waals surface area contributed by atoms with Crippen LogP contribution in [-0.4, -0.2) is 8.42 Å². The fraction of sp³-hybridized carbons (Fsp3) is 0. The van der Waals surface area contributed by atoms with Gasteiger partial charge in [0, 0.05) is 0 Å². The van der Waals surface area contributed by atoms with Crippen LogP contribution in [0.4, 0.5) is 4.39 Å². The van der Waals surface area contributed by atoms with E-state index in [0.29, 0.717) is 0 Å². The summed E-state index contributed by atoms with van der Waals surface area (Å²) in [6, 6.07) is 2.35. The van der Waals surface area contributed by atoms with E-state index in [4.69, 9.17) is 16.7 Å². The molecule has 0 aliphatic rings. The molecule has 3 nitrogen and oxygen atoms in total. The zero-order chi connectivity index (χ0) is 10.2. The normalized spacial score (nSPS) is 11.7. The van der Waals surface area contributed by atoms with Crippen molar-refractivity contribution in [1.29, 1.82) is 0 Å². The molecule has 0 unspecified atom stereocenters. The minimum Gasteiger partial charge on any atom is -0.225 e. The summed E-state index contributed by atoms with van der Waals surface area (Å²) >= 11 is 8.27. The van der Waals surface area contributed by atoms with E-state index in [1.165, 1.54) is 6.07 Å². The predicted molar refractivity (Wildman–Crippen MR) is 50.5 cm³/mol. The van der Waals surface area contributed by atoms with Crippen LogP contribution in [0, 0.1) is 5.82 Å². The van der Waals surface area contributed by atoms with Gasteiger partial charge in [0.1, 0.15) is 4.90 Å². The Hall–Kier alpha value is -0.170. The molecule has 1 rings (SSSR count). The molecular weight excluding hydrogens is 284 g/mol. The van der Waals surface area contributed by atoms with Gasteiger partial charge in [0.15, 0.2) is 5.82 Å². The van der Waals surface area contributed by atoms with Crippen molar-refractivity contribution < 1.29 is 12.8 Å². The van der Waals surface area contributed by atoms with E-state index < -0.39 is 25.8 Å². The number of halogens is 3. The largest absolute Gasteiger partial charge is 0.239 e. The van der Waals surface area contributed by atoms with Gasteiger partial charge in [0.05, 0.1) is 9.50 Å². The molecule has 72 valence electrons. The molecule has 0 fully saturated rings. The lowest BCUT2D eigenvalue weighted by Gasteiger charge is -2.03. The number of hydrogen-bond acceptors (Lipinski definition) is 2. The quantitative estimate of drug-likeness (QED) is 0.802. The third-order valence-corrected chi connectivity index (χ3v) is 3.35. The second-order valence-electron chi connectivity index (χ2n) is 2.22. The molecule has 0 saturated carbocycles. The lowest BCUT2D eigenvalue weighted by Crippen LogP contribution is -2.13. The highest BCUT2D eigenvalue weighted by atomic mass is 79.9. The Morgan fingerprint density at radius 2 is 2.00 bits per heavy atom. The van der Waals surface area contributed by atoms with Gasteiger partial charge in [-0.15, -0.1) is 0 Å². The van der Waals surface area contributed by atoms with Gasteiger partial charge in [-0.1, -0.05) is 11.6 Å². The van der Waals surface area contributed by atoms with E-state index in [-0.39, 0.29) is 4.47 Å². The van der Waals surface area contributed by atoms with Crippen molar-refractivity contribution in [3.63, 3.8) is 0 Å². The highest BCUT2D eigenvalue weighted by molar-refractivity contribution is 9.10. The van der Waals surface area contributed by atoms with Gasteiger partial charge in [-0.2, -0.15) is 0 Å². The monoisotopic (exact) mass is 287 g/mol. The SMILES string of the molecule is NS(=O)(=O)c1ccc(Br)c(F)c1Cl. The first kappa shape index (κ1) is 10.9. The van der Waals surface area contributed by atoms with E-state index in [9.17, 15) is 12.8 Å². The highest BCUT2D eigenvalue weighted by Crippen LogP contribution is 2.28. The van der Waals surface area contributed by atoms with Crippen LogP contribution in [0.1, 0.15) is 0 Å². The lowest BCUT2D eigenvalue weighted by molar-refractivity contribution is 0.591. The van der Waals surface area contributed by atoms with E-state index in [1.807, 2.05) is 0 Å². The molecule has 7 heteroatoms. The van der Waals surface area contributed by atoms with Gasteiger partial charge >= 0.3 is 0 Å². The van der Waals surface area contributed by atoms with Crippen molar-refractivity contribution in [1.82, 2.24) is 0 Å². The molecule has 0 saturated heterocycles. The number of primary sulfonamides is 1. The Kier molecular flexibility index (Phi) is 2.96. The standard InChI is InChI=1S/C6H4BrClFNO2S/c7-3-1-2-4(13(10,11)12)5(8)6(3)9/h1-2H,(H2,10,11,12). The van der Waals surface area contributed by atoms with E-state index >= 15 is 0 Å². The Bertz CT molecular complexity index is 448. The number of hydrogen-bond donors (Lipinski definition) is 1. The van der Waals surface area contributed by atoms with Crippen LogP contribution in [0.2, 0.25) is 5.02 Å². The molecule has 0 amide bonds. The zero-order valence-electron chi connectivity index (χ0n) is 6.09. The minimum atomic E-state index is -3.97. The molecular formula is C6H4BrClFNO2S. The van der Waals surface area contributed by atoms with E-state index in [2.05, 4.69) is 15.9 Å². The smallest absolute Gasteiger partial charge is 0.225 e. The molecule has 0 bridgehead atoms. The average Bonchev–Trinajstić information content (AvgIpc) is 1.98. The first-order chi connectivity index (χ1) is 5.84. The fourth-order valence-electron chi connectivity index (χ4n) is 0.728. The van der Waals surface area contributed by atoms with Crippen LogP contribution < -0.4 is 5.14 Å². The third kappa shape index (κ3) is 2.19. The van der Waals surface area contributed by atoms with E-state index in [1.54, 1.807) is 0 Å². The number of benzene rings is 1. The molecule has 1 aromatic carbocycles. The molecule has 0 aliphatic carbocycles. The molecule has 0 atom stereocenters. The predicted octanol–water partition coefficient (Wildman–Crippen LogP) is 1.89. The molecule has 13 heavy (non-hydrogen) atoms. The van der Waals surface area contributed by atoms with Crippen LogP contribution in [0.3, 0.4) is 0 Å². The Morgan fingerprint density at radius 3 is 2.46 bits per heavy atom. The average molecular weight is 289 g/mol. The third-order valence-electron chi connectivity index (χ3n) is 1.31. The number of rotatable bonds is 1. The van der Waals surface area contributed by atoms with Crippen molar-refractivity contribution in [3.8, 4) is 0 Å². The molecule has 2 N–H and O–H groups in total. The van der Waals surface area contributed by atoms with E-state index in [0.717, 1.165) is 6.07 Å². The summed E-state index contributed by atoms with van der Waals surface area (Å²) in [7, 11) is -3.97. The summed E-state index contributed by atoms with van der Waals surface area (Å²) in [5, 5.41) is 4.28. The summed E-state index contributed by atoms with van der Waals surface area (Å²) in [5.41, 5.74) is 0. The minimum absolute atomic E-state index is 0.0879. The second-order valence-corrected chi connectivity index (χ2v) is 4.98. The molecule has 0 spiro atoms. The molecule has 0 aromatic heterocycles. The maximum atomic E-state index is 13.0. The highest BCUT2D eigenvalue weighted by Gasteiger charge is 2.17. The summed E-state index contributed by atoms with van der Waals surface area (Å²) in [5.74, 6) is -0.840. The second kappa shape index (κ2) is 3.53. The van der Waals surface area contributed by atoms with Gasteiger partial charge < -0.3 is 0 Å². The number of nitrogens with two attached hydrogens (primary N) is 1. The van der Waals surface area contributed by atoms with Crippen molar-refractivity contribution in [2.45, 2.75) is 4.90 Å². The summed E-state index contributed by atoms with van der Waals surface area (Å²) < 4.78 is 34.8. The Morgan fingerprint density at radius 1 is 1.46 bits per heavy atom. The maximum Gasteiger partial charge on any atom is 0.239 e. The van der Waals surface area contributed by atoms with Crippen LogP contribution in [0.5, 0.6) is 0 Å². The maximum absolute atomic E-state index is 13.0. The first-order valence-electron chi connectivity index (χ1n) is 3.00. The molecule has 0 radical (unpaired) electrons. The fourth-order valence-corrected chi connectivity index (χ4v) is 2.26. The van der Waals surface area contributed by atoms with Gasteiger partial charge in [-0.3, -0.25) is 0 Å². The molecule has 0 aliphatic heterocycles. The summed E-state index contributed by atoms with van der Waals surface area (Å²) in [4.78, 5) is -0.421. The zero-order valence-corrected chi connectivity index (χ0v) is 9.25. The van der Waals surface area contributed by atoms with Crippen molar-refractivity contribution in [2.75, 3.05) is 0 Å². The Labute approximate surface area is 87.9 Å². The van der Waals surface area contributed by atoms with Crippen LogP contribution in [-0.2, 0) is 10.0 Å². The summed E-state index contributed by atoms with van der Waals surface area (Å²) in [6.45, 7) is 0. The van der Waals surface area contributed by atoms with Crippen LogP contribution in [0.25, 0.3) is 0 Å². The topological polar surface area (TPSA) is 60.2 Å². The van der Waals surface area contributed by atoms with Gasteiger partial charge in [-0.25, -0.2) is 17.9 Å². The van der Waals surface area contributed by atoms with Gasteiger partial charge in [-0.05, 0) is 28.1 Å². The van der Waals surface area contributed by atoms with Gasteiger partial charge in [0.2, 0.25) is 10.0 Å². The van der Waals surface area contributed by atoms with Crippen LogP contribution >= 0.6 is 27.5 Å². The number of sulfonamides is 1. The Balaban J connectivity index is 3.53. The summed E-state index contributed by atoms with van der Waals surface area (Å²) in [6.07, 6.45) is 0. The van der Waals surface area contributed by atoms with Crippen molar-refractivity contribution in [3.05, 3.63) is 27.4 Å². The molecule has 0 heterocycles. The van der Waals surface area contributed by atoms with Gasteiger partial charge in [0.25, 0.3) is 0 Å². The first-order valence-corrected chi connectivity index (χ1v) is 5.72. The lowest BCUT2D eigenvalue weighted by atomic mass is 10.3. The van der Waals surface area contributed by atoms with Crippen molar-refractivity contribution >= 4 is 37.6 Å². The van der Waals surface area contributed by atoms with Crippen LogP contribution in [0.15, 0.2) is 21.5 Å².